The van der Waals surface area contributed by atoms with Gasteiger partial charge in [0.2, 0.25) is 0 Å². The molecule has 0 radical (unpaired) electrons. The largest absolute Gasteiger partial charge is 0.337 e. The van der Waals surface area contributed by atoms with Crippen LogP contribution in [0.25, 0.3) is 0 Å². The molecule has 0 bridgehead atoms. The number of nitrogens with zero attached hydrogens (tertiary/aromatic N) is 1. The van der Waals surface area contributed by atoms with Gasteiger partial charge >= 0.3 is 6.03 Å². The Morgan fingerprint density at radius 2 is 1.95 bits per heavy atom. The van der Waals surface area contributed by atoms with Gasteiger partial charge in [0.1, 0.15) is 0 Å². The summed E-state index contributed by atoms with van der Waals surface area (Å²) in [7, 11) is -1.33. The minimum Gasteiger partial charge on any atom is -0.337 e. The van der Waals surface area contributed by atoms with E-state index in [2.05, 4.69) is 5.32 Å². The third kappa shape index (κ3) is 7.38. The molecule has 118 valence electrons. The minimum absolute atomic E-state index is 0.0121. The molecule has 0 fully saturated rings. The third-order valence-corrected chi connectivity index (χ3v) is 5.61. The number of amides is 2. The van der Waals surface area contributed by atoms with Crippen molar-refractivity contribution < 1.29 is 13.2 Å². The van der Waals surface area contributed by atoms with Crippen molar-refractivity contribution in [3.8, 4) is 0 Å². The maximum Gasteiger partial charge on any atom is 0.317 e. The van der Waals surface area contributed by atoms with Gasteiger partial charge in [-0.15, -0.1) is 11.8 Å². The molecule has 21 heavy (non-hydrogen) atoms. The predicted octanol–water partition coefficient (Wildman–Crippen LogP) is 1.85. The summed E-state index contributed by atoms with van der Waals surface area (Å²) in [6, 6.07) is 9.74. The first-order valence-electron chi connectivity index (χ1n) is 6.82. The Balaban J connectivity index is 2.22. The lowest BCUT2D eigenvalue weighted by Crippen LogP contribution is -2.40. The molecular weight excluding hydrogens is 308 g/mol. The summed E-state index contributed by atoms with van der Waals surface area (Å²) in [6.45, 7) is 2.36. The Morgan fingerprint density at radius 1 is 1.29 bits per heavy atom. The van der Waals surface area contributed by atoms with Crippen LogP contribution < -0.4 is 5.32 Å². The molecule has 0 aromatic heterocycles. The zero-order valence-electron chi connectivity index (χ0n) is 12.4. The molecule has 0 atom stereocenters. The Morgan fingerprint density at radius 3 is 2.57 bits per heavy atom. The summed E-state index contributed by atoms with van der Waals surface area (Å²) in [5.74, 6) is 0.884. The fraction of sp³-hybridized carbons (Fsp3) is 0.500. The highest BCUT2D eigenvalue weighted by Crippen LogP contribution is 2.16. The molecule has 1 aromatic carbocycles. The second-order valence-electron chi connectivity index (χ2n) is 4.55. The van der Waals surface area contributed by atoms with E-state index in [0.717, 1.165) is 5.75 Å². The van der Waals surface area contributed by atoms with Gasteiger partial charge < -0.3 is 10.2 Å². The van der Waals surface area contributed by atoms with Crippen molar-refractivity contribution in [2.24, 2.45) is 0 Å². The third-order valence-electron chi connectivity index (χ3n) is 2.91. The summed E-state index contributed by atoms with van der Waals surface area (Å²) < 4.78 is 22.6. The molecule has 2 amide bonds. The number of thioether (sulfide) groups is 1. The first kappa shape index (κ1) is 17.8. The Kier molecular flexibility index (Phi) is 7.60. The fourth-order valence-corrected chi connectivity index (χ4v) is 3.16. The minimum atomic E-state index is -3.03. The lowest BCUT2D eigenvalue weighted by molar-refractivity contribution is 0.212. The fourth-order valence-electron chi connectivity index (χ4n) is 1.51. The van der Waals surface area contributed by atoms with Gasteiger partial charge in [-0.25, -0.2) is 13.2 Å². The first-order chi connectivity index (χ1) is 9.94. The van der Waals surface area contributed by atoms with E-state index in [1.165, 1.54) is 4.90 Å². The molecule has 0 aliphatic heterocycles. The van der Waals surface area contributed by atoms with Crippen LogP contribution in [0.1, 0.15) is 6.92 Å². The summed E-state index contributed by atoms with van der Waals surface area (Å²) in [6.07, 6.45) is 0. The molecule has 1 rings (SSSR count). The van der Waals surface area contributed by atoms with Gasteiger partial charge in [0, 0.05) is 36.5 Å². The van der Waals surface area contributed by atoms with E-state index < -0.39 is 9.84 Å². The van der Waals surface area contributed by atoms with Crippen molar-refractivity contribution in [1.82, 2.24) is 10.2 Å². The molecular formula is C14H22N2O3S2. The van der Waals surface area contributed by atoms with Crippen LogP contribution in [-0.4, -0.2) is 56.7 Å². The van der Waals surface area contributed by atoms with E-state index in [4.69, 9.17) is 0 Å². The van der Waals surface area contributed by atoms with Crippen LogP contribution in [-0.2, 0) is 9.84 Å². The monoisotopic (exact) mass is 330 g/mol. The van der Waals surface area contributed by atoms with Crippen LogP contribution in [0.15, 0.2) is 35.2 Å². The highest BCUT2D eigenvalue weighted by atomic mass is 32.2. The number of benzene rings is 1. The predicted molar refractivity (Wildman–Crippen MR) is 87.5 cm³/mol. The van der Waals surface area contributed by atoms with Gasteiger partial charge in [-0.05, 0) is 12.1 Å². The first-order valence-corrected chi connectivity index (χ1v) is 9.62. The molecule has 0 heterocycles. The van der Waals surface area contributed by atoms with Crippen LogP contribution in [0, 0.1) is 0 Å². The molecule has 0 saturated heterocycles. The summed E-state index contributed by atoms with van der Waals surface area (Å²) >= 11 is 1.68. The smallest absolute Gasteiger partial charge is 0.317 e. The lowest BCUT2D eigenvalue weighted by atomic mass is 10.4. The average molecular weight is 330 g/mol. The van der Waals surface area contributed by atoms with Crippen LogP contribution in [0.2, 0.25) is 0 Å². The van der Waals surface area contributed by atoms with Crippen LogP contribution in [0.3, 0.4) is 0 Å². The van der Waals surface area contributed by atoms with Crippen LogP contribution in [0.5, 0.6) is 0 Å². The number of carbonyl (C=O) groups is 1. The highest BCUT2D eigenvalue weighted by Gasteiger charge is 2.11. The second-order valence-corrected chi connectivity index (χ2v) is 8.19. The second kappa shape index (κ2) is 8.94. The van der Waals surface area contributed by atoms with Gasteiger partial charge in [0.15, 0.2) is 9.84 Å². The Bertz CT molecular complexity index is 532. The van der Waals surface area contributed by atoms with E-state index in [9.17, 15) is 13.2 Å². The van der Waals surface area contributed by atoms with E-state index in [1.807, 2.05) is 30.3 Å². The number of rotatable bonds is 8. The standard InChI is InChI=1S/C14H22N2O3S2/c1-3-21(18,19)12-9-15-14(17)16(2)10-11-20-13-7-5-4-6-8-13/h4-8H,3,9-12H2,1-2H3,(H,15,17). The zero-order chi connectivity index (χ0) is 15.7. The van der Waals surface area contributed by atoms with Crippen LogP contribution in [0.4, 0.5) is 4.79 Å². The quantitative estimate of drug-likeness (QED) is 0.739. The summed E-state index contributed by atoms with van der Waals surface area (Å²) in [5, 5.41) is 2.62. The number of hydrogen-bond donors (Lipinski definition) is 1. The van der Waals surface area contributed by atoms with Crippen molar-refractivity contribution in [3.63, 3.8) is 0 Å². The van der Waals surface area contributed by atoms with Crippen molar-refractivity contribution >= 4 is 27.6 Å². The number of urea groups is 1. The van der Waals surface area contributed by atoms with Gasteiger partial charge in [-0.2, -0.15) is 0 Å². The number of nitrogens with one attached hydrogen (secondary N) is 1. The topological polar surface area (TPSA) is 66.5 Å². The molecule has 7 heteroatoms. The average Bonchev–Trinajstić information content (AvgIpc) is 2.48. The van der Waals surface area contributed by atoms with Gasteiger partial charge in [0.05, 0.1) is 5.75 Å². The molecule has 1 N–H and O–H groups in total. The van der Waals surface area contributed by atoms with E-state index >= 15 is 0 Å². The maximum absolute atomic E-state index is 11.8. The molecule has 0 unspecified atom stereocenters. The van der Waals surface area contributed by atoms with Gasteiger partial charge in [-0.1, -0.05) is 25.1 Å². The molecule has 0 aliphatic rings. The normalized spacial score (nSPS) is 11.1. The van der Waals surface area contributed by atoms with Gasteiger partial charge in [0.25, 0.3) is 0 Å². The SMILES string of the molecule is CCS(=O)(=O)CCNC(=O)N(C)CCSc1ccccc1. The van der Waals surface area contributed by atoms with Crippen molar-refractivity contribution in [1.29, 1.82) is 0 Å². The maximum atomic E-state index is 11.8. The number of carbonyl (C=O) groups excluding carboxylic acids is 1. The molecule has 0 saturated carbocycles. The Labute approximate surface area is 131 Å². The van der Waals surface area contributed by atoms with E-state index in [0.29, 0.717) is 6.54 Å². The van der Waals surface area contributed by atoms with Crippen molar-refractivity contribution in [3.05, 3.63) is 30.3 Å². The molecule has 5 nitrogen and oxygen atoms in total. The summed E-state index contributed by atoms with van der Waals surface area (Å²) in [5.41, 5.74) is 0. The van der Waals surface area contributed by atoms with E-state index in [1.54, 1.807) is 30.6 Å². The number of sulfone groups is 1. The molecule has 0 aliphatic carbocycles. The van der Waals surface area contributed by atoms with Crippen molar-refractivity contribution in [2.45, 2.75) is 11.8 Å². The van der Waals surface area contributed by atoms with Gasteiger partial charge in [-0.3, -0.25) is 0 Å². The number of hydrogen-bond acceptors (Lipinski definition) is 4. The van der Waals surface area contributed by atoms with Crippen molar-refractivity contribution in [2.75, 3.05) is 37.4 Å². The lowest BCUT2D eigenvalue weighted by Gasteiger charge is -2.17. The van der Waals surface area contributed by atoms with Crippen LogP contribution >= 0.6 is 11.8 Å². The van der Waals surface area contributed by atoms with E-state index in [-0.39, 0.29) is 24.1 Å². The Hall–Kier alpha value is -1.21. The summed E-state index contributed by atoms with van der Waals surface area (Å²) in [4.78, 5) is 14.5. The molecule has 1 aromatic rings. The molecule has 0 spiro atoms. The highest BCUT2D eigenvalue weighted by molar-refractivity contribution is 7.99. The zero-order valence-corrected chi connectivity index (χ0v) is 14.0.